The van der Waals surface area contributed by atoms with Crippen molar-refractivity contribution in [2.24, 2.45) is 5.92 Å². The molecule has 0 radical (unpaired) electrons. The molecule has 0 spiro atoms. The molecule has 2 N–H and O–H groups in total. The second-order valence-electron chi connectivity index (χ2n) is 5.70. The topological polar surface area (TPSA) is 69.6 Å². The Bertz CT molecular complexity index is 556. The number of nitrogens with zero attached hydrogens (tertiary/aromatic N) is 1. The summed E-state index contributed by atoms with van der Waals surface area (Å²) >= 11 is 3.30. The summed E-state index contributed by atoms with van der Waals surface area (Å²) < 4.78 is 0.727. The molecule has 2 amide bonds. The van der Waals surface area contributed by atoms with Crippen molar-refractivity contribution in [3.63, 3.8) is 0 Å². The standard InChI is InChI=1S/C15H19BrN2O3/c1-9(2)8-18(11-4-5-11)15(21)17-13-7-10(16)3-6-12(13)14(19)20/h3,6-7,9,11H,4-5,8H2,1-2H3,(H,17,21)(H,19,20). The molecule has 1 aromatic rings. The van der Waals surface area contributed by atoms with Crippen molar-refractivity contribution in [3.05, 3.63) is 28.2 Å². The summed E-state index contributed by atoms with van der Waals surface area (Å²) in [4.78, 5) is 25.5. The maximum atomic E-state index is 12.4. The zero-order valence-electron chi connectivity index (χ0n) is 12.1. The number of rotatable bonds is 5. The first-order chi connectivity index (χ1) is 9.88. The van der Waals surface area contributed by atoms with Crippen LogP contribution in [-0.4, -0.2) is 34.6 Å². The SMILES string of the molecule is CC(C)CN(C(=O)Nc1cc(Br)ccc1C(=O)O)C1CC1. The van der Waals surface area contributed by atoms with Gasteiger partial charge in [0.25, 0.3) is 0 Å². The molecule has 1 aliphatic rings. The molecule has 21 heavy (non-hydrogen) atoms. The van der Waals surface area contributed by atoms with Gasteiger partial charge in [-0.05, 0) is 37.0 Å². The van der Waals surface area contributed by atoms with E-state index in [9.17, 15) is 14.7 Å². The van der Waals surface area contributed by atoms with Crippen molar-refractivity contribution >= 4 is 33.6 Å². The van der Waals surface area contributed by atoms with Crippen LogP contribution in [0.3, 0.4) is 0 Å². The number of benzene rings is 1. The Hall–Kier alpha value is -1.56. The van der Waals surface area contributed by atoms with E-state index in [1.54, 1.807) is 17.0 Å². The van der Waals surface area contributed by atoms with Crippen molar-refractivity contribution in [1.82, 2.24) is 4.90 Å². The molecule has 6 heteroatoms. The molecule has 1 saturated carbocycles. The fourth-order valence-electron chi connectivity index (χ4n) is 2.17. The summed E-state index contributed by atoms with van der Waals surface area (Å²) in [6, 6.07) is 4.79. The molecule has 0 heterocycles. The lowest BCUT2D eigenvalue weighted by molar-refractivity contribution is 0.0698. The van der Waals surface area contributed by atoms with Gasteiger partial charge in [0.05, 0.1) is 11.3 Å². The number of carboxylic acid groups (broad SMARTS) is 1. The molecular weight excluding hydrogens is 336 g/mol. The monoisotopic (exact) mass is 354 g/mol. The van der Waals surface area contributed by atoms with Crippen LogP contribution < -0.4 is 5.32 Å². The third kappa shape index (κ3) is 4.20. The summed E-state index contributed by atoms with van der Waals surface area (Å²) in [5.41, 5.74) is 0.406. The van der Waals surface area contributed by atoms with Gasteiger partial charge in [-0.2, -0.15) is 0 Å². The first-order valence-electron chi connectivity index (χ1n) is 6.99. The average molecular weight is 355 g/mol. The number of carbonyl (C=O) groups excluding carboxylic acids is 1. The van der Waals surface area contributed by atoms with Gasteiger partial charge in [-0.3, -0.25) is 0 Å². The van der Waals surface area contributed by atoms with E-state index in [-0.39, 0.29) is 17.6 Å². The Morgan fingerprint density at radius 1 is 1.43 bits per heavy atom. The zero-order valence-corrected chi connectivity index (χ0v) is 13.7. The molecule has 0 aromatic heterocycles. The van der Waals surface area contributed by atoms with E-state index in [1.807, 2.05) is 0 Å². The van der Waals surface area contributed by atoms with Gasteiger partial charge in [-0.1, -0.05) is 29.8 Å². The van der Waals surface area contributed by atoms with Crippen molar-refractivity contribution in [1.29, 1.82) is 0 Å². The van der Waals surface area contributed by atoms with Gasteiger partial charge in [-0.15, -0.1) is 0 Å². The number of amides is 2. The van der Waals surface area contributed by atoms with Gasteiger partial charge in [0, 0.05) is 17.1 Å². The van der Waals surface area contributed by atoms with E-state index < -0.39 is 5.97 Å². The van der Waals surface area contributed by atoms with E-state index in [0.717, 1.165) is 17.3 Å². The van der Waals surface area contributed by atoms with Crippen LogP contribution >= 0.6 is 15.9 Å². The van der Waals surface area contributed by atoms with E-state index in [0.29, 0.717) is 18.2 Å². The van der Waals surface area contributed by atoms with Crippen LogP contribution in [0.25, 0.3) is 0 Å². The third-order valence-electron chi connectivity index (χ3n) is 3.26. The quantitative estimate of drug-likeness (QED) is 0.844. The van der Waals surface area contributed by atoms with Gasteiger partial charge in [0.15, 0.2) is 0 Å². The van der Waals surface area contributed by atoms with Gasteiger partial charge in [-0.25, -0.2) is 9.59 Å². The smallest absolute Gasteiger partial charge is 0.337 e. The minimum absolute atomic E-state index is 0.0897. The lowest BCUT2D eigenvalue weighted by Gasteiger charge is -2.25. The highest BCUT2D eigenvalue weighted by molar-refractivity contribution is 9.10. The van der Waals surface area contributed by atoms with E-state index in [1.165, 1.54) is 6.07 Å². The summed E-state index contributed by atoms with van der Waals surface area (Å²) in [6.07, 6.45) is 2.04. The fourth-order valence-corrected chi connectivity index (χ4v) is 2.53. The average Bonchev–Trinajstić information content (AvgIpc) is 3.19. The Balaban J connectivity index is 2.17. The second-order valence-corrected chi connectivity index (χ2v) is 6.62. The predicted octanol–water partition coefficient (Wildman–Crippen LogP) is 3.80. The molecular formula is C15H19BrN2O3. The Morgan fingerprint density at radius 2 is 2.10 bits per heavy atom. The van der Waals surface area contributed by atoms with Crippen molar-refractivity contribution < 1.29 is 14.7 Å². The molecule has 0 unspecified atom stereocenters. The zero-order chi connectivity index (χ0) is 15.6. The largest absolute Gasteiger partial charge is 0.478 e. The molecule has 0 saturated heterocycles. The first-order valence-corrected chi connectivity index (χ1v) is 7.78. The number of hydrogen-bond acceptors (Lipinski definition) is 2. The lowest BCUT2D eigenvalue weighted by atomic mass is 10.2. The molecule has 114 valence electrons. The number of carbonyl (C=O) groups is 2. The Labute approximate surface area is 132 Å². The maximum Gasteiger partial charge on any atom is 0.337 e. The molecule has 1 aromatic carbocycles. The summed E-state index contributed by atoms with van der Waals surface area (Å²) in [7, 11) is 0. The summed E-state index contributed by atoms with van der Waals surface area (Å²) in [6.45, 7) is 4.79. The highest BCUT2D eigenvalue weighted by Gasteiger charge is 2.33. The Morgan fingerprint density at radius 3 is 2.62 bits per heavy atom. The number of halogens is 1. The molecule has 5 nitrogen and oxygen atoms in total. The number of anilines is 1. The van der Waals surface area contributed by atoms with Crippen molar-refractivity contribution in [3.8, 4) is 0 Å². The predicted molar refractivity (Wildman–Crippen MR) is 84.7 cm³/mol. The number of hydrogen-bond donors (Lipinski definition) is 2. The molecule has 0 atom stereocenters. The van der Waals surface area contributed by atoms with Crippen molar-refractivity contribution in [2.75, 3.05) is 11.9 Å². The van der Waals surface area contributed by atoms with Gasteiger partial charge in [0.1, 0.15) is 0 Å². The normalized spacial score (nSPS) is 14.1. The van der Waals surface area contributed by atoms with Crippen LogP contribution in [0.15, 0.2) is 22.7 Å². The number of nitrogens with one attached hydrogen (secondary N) is 1. The third-order valence-corrected chi connectivity index (χ3v) is 3.76. The summed E-state index contributed by atoms with van der Waals surface area (Å²) in [5.74, 6) is -0.683. The Kier molecular flexibility index (Phi) is 4.88. The molecule has 2 rings (SSSR count). The second kappa shape index (κ2) is 6.47. The fraction of sp³-hybridized carbons (Fsp3) is 0.467. The lowest BCUT2D eigenvalue weighted by Crippen LogP contribution is -2.39. The van der Waals surface area contributed by atoms with E-state index >= 15 is 0 Å². The highest BCUT2D eigenvalue weighted by Crippen LogP contribution is 2.29. The van der Waals surface area contributed by atoms with Gasteiger partial charge in [0.2, 0.25) is 0 Å². The van der Waals surface area contributed by atoms with E-state index in [2.05, 4.69) is 35.1 Å². The van der Waals surface area contributed by atoms with E-state index in [4.69, 9.17) is 0 Å². The minimum atomic E-state index is -1.06. The van der Waals surface area contributed by atoms with Crippen LogP contribution in [0.5, 0.6) is 0 Å². The van der Waals surface area contributed by atoms with Crippen LogP contribution in [0, 0.1) is 5.92 Å². The van der Waals surface area contributed by atoms with Crippen LogP contribution in [0.4, 0.5) is 10.5 Å². The van der Waals surface area contributed by atoms with Crippen LogP contribution in [0.1, 0.15) is 37.0 Å². The molecule has 1 aliphatic carbocycles. The van der Waals surface area contributed by atoms with Crippen molar-refractivity contribution in [2.45, 2.75) is 32.7 Å². The van der Waals surface area contributed by atoms with Gasteiger partial charge < -0.3 is 15.3 Å². The summed E-state index contributed by atoms with van der Waals surface area (Å²) in [5, 5.41) is 11.9. The molecule has 1 fully saturated rings. The first kappa shape index (κ1) is 15.8. The molecule has 0 aliphatic heterocycles. The minimum Gasteiger partial charge on any atom is -0.478 e. The highest BCUT2D eigenvalue weighted by atomic mass is 79.9. The van der Waals surface area contributed by atoms with Crippen LogP contribution in [0.2, 0.25) is 0 Å². The molecule has 0 bridgehead atoms. The van der Waals surface area contributed by atoms with Gasteiger partial charge >= 0.3 is 12.0 Å². The number of carboxylic acids is 1. The van der Waals surface area contributed by atoms with Crippen LogP contribution in [-0.2, 0) is 0 Å². The number of aromatic carboxylic acids is 1. The maximum absolute atomic E-state index is 12.4. The number of urea groups is 1.